The Bertz CT molecular complexity index is 540. The molecule has 0 aliphatic carbocycles. The molecular weight excluding hydrogens is 248 g/mol. The summed E-state index contributed by atoms with van der Waals surface area (Å²) in [4.78, 5) is 9.27. The van der Waals surface area contributed by atoms with Crippen LogP contribution in [-0.4, -0.2) is 21.7 Å². The third-order valence-corrected chi connectivity index (χ3v) is 3.67. The lowest BCUT2D eigenvalue weighted by Crippen LogP contribution is -2.01. The smallest absolute Gasteiger partial charge is 0.137 e. The molecule has 0 spiro atoms. The van der Waals surface area contributed by atoms with Crippen LogP contribution in [0.3, 0.4) is 0 Å². The predicted molar refractivity (Wildman–Crippen MR) is 71.1 cm³/mol. The summed E-state index contributed by atoms with van der Waals surface area (Å²) in [6.07, 6.45) is 2.61. The Labute approximate surface area is 110 Å². The van der Waals surface area contributed by atoms with Crippen molar-refractivity contribution in [3.8, 4) is 5.75 Å². The van der Waals surface area contributed by atoms with Gasteiger partial charge in [-0.1, -0.05) is 0 Å². The Morgan fingerprint density at radius 3 is 2.78 bits per heavy atom. The first kappa shape index (κ1) is 13.0. The molecule has 2 rings (SSSR count). The number of pyridine rings is 1. The third kappa shape index (κ3) is 2.68. The van der Waals surface area contributed by atoms with Crippen LogP contribution in [0.5, 0.6) is 5.75 Å². The SMILES string of the molecule is CCOc1cncc(C(O)c2sc(C)nc2C)c1. The molecule has 0 saturated carbocycles. The maximum absolute atomic E-state index is 10.4. The summed E-state index contributed by atoms with van der Waals surface area (Å²) in [5.74, 6) is 0.674. The molecule has 96 valence electrons. The summed E-state index contributed by atoms with van der Waals surface area (Å²) < 4.78 is 5.38. The van der Waals surface area contributed by atoms with Crippen LogP contribution in [0.15, 0.2) is 18.5 Å². The first-order chi connectivity index (χ1) is 8.61. The zero-order chi connectivity index (χ0) is 13.1. The molecule has 0 amide bonds. The van der Waals surface area contributed by atoms with Crippen LogP contribution < -0.4 is 4.74 Å². The van der Waals surface area contributed by atoms with Crippen LogP contribution in [-0.2, 0) is 0 Å². The van der Waals surface area contributed by atoms with Gasteiger partial charge in [0.2, 0.25) is 0 Å². The molecule has 0 aliphatic rings. The van der Waals surface area contributed by atoms with E-state index in [1.807, 2.05) is 26.8 Å². The van der Waals surface area contributed by atoms with Crippen molar-refractivity contribution in [1.29, 1.82) is 0 Å². The molecular formula is C13H16N2O2S. The van der Waals surface area contributed by atoms with Gasteiger partial charge in [-0.05, 0) is 26.8 Å². The number of aromatic nitrogens is 2. The van der Waals surface area contributed by atoms with Crippen LogP contribution in [0.4, 0.5) is 0 Å². The van der Waals surface area contributed by atoms with Gasteiger partial charge in [-0.2, -0.15) is 0 Å². The zero-order valence-electron chi connectivity index (χ0n) is 10.7. The van der Waals surface area contributed by atoms with E-state index in [1.165, 1.54) is 11.3 Å². The lowest BCUT2D eigenvalue weighted by molar-refractivity contribution is 0.221. The highest BCUT2D eigenvalue weighted by Gasteiger charge is 2.17. The number of hydrogen-bond acceptors (Lipinski definition) is 5. The Morgan fingerprint density at radius 2 is 2.17 bits per heavy atom. The molecule has 2 aromatic rings. The van der Waals surface area contributed by atoms with E-state index in [4.69, 9.17) is 4.74 Å². The highest BCUT2D eigenvalue weighted by Crippen LogP contribution is 2.30. The Kier molecular flexibility index (Phi) is 3.93. The first-order valence-corrected chi connectivity index (χ1v) is 6.63. The first-order valence-electron chi connectivity index (χ1n) is 5.81. The Balaban J connectivity index is 2.30. The van der Waals surface area contributed by atoms with Crippen molar-refractivity contribution in [2.75, 3.05) is 6.61 Å². The average molecular weight is 264 g/mol. The Hall–Kier alpha value is -1.46. The molecule has 2 aromatic heterocycles. The number of aliphatic hydroxyl groups is 1. The topological polar surface area (TPSA) is 55.2 Å². The van der Waals surface area contributed by atoms with Gasteiger partial charge in [-0.15, -0.1) is 11.3 Å². The van der Waals surface area contributed by atoms with E-state index in [9.17, 15) is 5.11 Å². The van der Waals surface area contributed by atoms with Gasteiger partial charge in [0.1, 0.15) is 11.9 Å². The summed E-state index contributed by atoms with van der Waals surface area (Å²) in [5, 5.41) is 11.3. The largest absolute Gasteiger partial charge is 0.492 e. The van der Waals surface area contributed by atoms with Crippen molar-refractivity contribution in [2.24, 2.45) is 0 Å². The van der Waals surface area contributed by atoms with E-state index in [2.05, 4.69) is 9.97 Å². The summed E-state index contributed by atoms with van der Waals surface area (Å²) in [7, 11) is 0. The van der Waals surface area contributed by atoms with Crippen LogP contribution in [0.25, 0.3) is 0 Å². The molecule has 1 N–H and O–H groups in total. The number of hydrogen-bond donors (Lipinski definition) is 1. The monoisotopic (exact) mass is 264 g/mol. The summed E-state index contributed by atoms with van der Waals surface area (Å²) in [6, 6.07) is 1.82. The number of aliphatic hydroxyl groups excluding tert-OH is 1. The van der Waals surface area contributed by atoms with Crippen LogP contribution in [0.2, 0.25) is 0 Å². The minimum Gasteiger partial charge on any atom is -0.492 e. The molecule has 1 atom stereocenters. The average Bonchev–Trinajstić information content (AvgIpc) is 2.68. The number of nitrogens with zero attached hydrogens (tertiary/aromatic N) is 2. The van der Waals surface area contributed by atoms with Gasteiger partial charge in [0.15, 0.2) is 0 Å². The van der Waals surface area contributed by atoms with Gasteiger partial charge in [-0.3, -0.25) is 4.98 Å². The Morgan fingerprint density at radius 1 is 1.39 bits per heavy atom. The molecule has 5 heteroatoms. The van der Waals surface area contributed by atoms with Gasteiger partial charge in [-0.25, -0.2) is 4.98 Å². The van der Waals surface area contributed by atoms with Gasteiger partial charge in [0.05, 0.1) is 28.4 Å². The van der Waals surface area contributed by atoms with E-state index < -0.39 is 6.10 Å². The number of thiazole rings is 1. The molecule has 2 heterocycles. The van der Waals surface area contributed by atoms with E-state index in [-0.39, 0.29) is 0 Å². The molecule has 0 aliphatic heterocycles. The van der Waals surface area contributed by atoms with Crippen molar-refractivity contribution in [3.63, 3.8) is 0 Å². The number of aryl methyl sites for hydroxylation is 2. The van der Waals surface area contributed by atoms with E-state index in [1.54, 1.807) is 12.4 Å². The van der Waals surface area contributed by atoms with Crippen molar-refractivity contribution >= 4 is 11.3 Å². The fraction of sp³-hybridized carbons (Fsp3) is 0.385. The normalized spacial score (nSPS) is 12.4. The predicted octanol–water partition coefficient (Wildman–Crippen LogP) is 2.64. The second kappa shape index (κ2) is 5.46. The lowest BCUT2D eigenvalue weighted by atomic mass is 10.1. The van der Waals surface area contributed by atoms with Crippen LogP contribution in [0.1, 0.15) is 34.2 Å². The lowest BCUT2D eigenvalue weighted by Gasteiger charge is -2.11. The quantitative estimate of drug-likeness (QED) is 0.922. The highest BCUT2D eigenvalue weighted by atomic mass is 32.1. The second-order valence-electron chi connectivity index (χ2n) is 3.97. The molecule has 0 fully saturated rings. The number of rotatable bonds is 4. The van der Waals surface area contributed by atoms with Crippen molar-refractivity contribution in [1.82, 2.24) is 9.97 Å². The maximum Gasteiger partial charge on any atom is 0.137 e. The summed E-state index contributed by atoms with van der Waals surface area (Å²) >= 11 is 1.51. The molecule has 4 nitrogen and oxygen atoms in total. The molecule has 0 saturated heterocycles. The minimum atomic E-state index is -0.691. The van der Waals surface area contributed by atoms with E-state index in [0.717, 1.165) is 21.1 Å². The van der Waals surface area contributed by atoms with E-state index in [0.29, 0.717) is 12.4 Å². The van der Waals surface area contributed by atoms with Crippen molar-refractivity contribution in [2.45, 2.75) is 26.9 Å². The molecule has 0 aromatic carbocycles. The summed E-state index contributed by atoms with van der Waals surface area (Å²) in [6.45, 7) is 6.34. The van der Waals surface area contributed by atoms with Gasteiger partial charge in [0, 0.05) is 11.8 Å². The van der Waals surface area contributed by atoms with Crippen LogP contribution >= 0.6 is 11.3 Å². The van der Waals surface area contributed by atoms with E-state index >= 15 is 0 Å². The molecule has 0 bridgehead atoms. The highest BCUT2D eigenvalue weighted by molar-refractivity contribution is 7.11. The standard InChI is InChI=1S/C13H16N2O2S/c1-4-17-11-5-10(6-14-7-11)12(16)13-8(2)15-9(3)18-13/h5-7,12,16H,4H2,1-3H3. The van der Waals surface area contributed by atoms with Crippen LogP contribution in [0, 0.1) is 13.8 Å². The zero-order valence-corrected chi connectivity index (χ0v) is 11.5. The van der Waals surface area contributed by atoms with Crippen molar-refractivity contribution < 1.29 is 9.84 Å². The van der Waals surface area contributed by atoms with Gasteiger partial charge in [0.25, 0.3) is 0 Å². The maximum atomic E-state index is 10.4. The molecule has 18 heavy (non-hydrogen) atoms. The molecule has 0 radical (unpaired) electrons. The number of ether oxygens (including phenoxy) is 1. The van der Waals surface area contributed by atoms with Gasteiger partial charge < -0.3 is 9.84 Å². The minimum absolute atomic E-state index is 0.583. The summed E-state index contributed by atoms with van der Waals surface area (Å²) in [5.41, 5.74) is 1.60. The molecule has 1 unspecified atom stereocenters. The fourth-order valence-corrected chi connectivity index (χ4v) is 2.72. The fourth-order valence-electron chi connectivity index (χ4n) is 1.78. The van der Waals surface area contributed by atoms with Crippen molar-refractivity contribution in [3.05, 3.63) is 39.6 Å². The third-order valence-electron chi connectivity index (χ3n) is 2.55. The second-order valence-corrected chi connectivity index (χ2v) is 5.21. The van der Waals surface area contributed by atoms with Gasteiger partial charge >= 0.3 is 0 Å².